The van der Waals surface area contributed by atoms with Crippen molar-refractivity contribution >= 4 is 5.69 Å². The molecular formula is C15H26N4. The summed E-state index contributed by atoms with van der Waals surface area (Å²) < 4.78 is 0. The molecule has 4 heteroatoms. The van der Waals surface area contributed by atoms with Gasteiger partial charge in [-0.25, -0.2) is 0 Å². The Bertz CT molecular complexity index is 383. The van der Waals surface area contributed by atoms with E-state index in [0.29, 0.717) is 0 Å². The lowest BCUT2D eigenvalue weighted by Crippen LogP contribution is -2.47. The monoisotopic (exact) mass is 262 g/mol. The number of pyridine rings is 1. The van der Waals surface area contributed by atoms with Crippen LogP contribution in [0.5, 0.6) is 0 Å². The molecule has 19 heavy (non-hydrogen) atoms. The van der Waals surface area contributed by atoms with Crippen LogP contribution in [0.1, 0.15) is 19.5 Å². The van der Waals surface area contributed by atoms with Gasteiger partial charge in [0.1, 0.15) is 0 Å². The van der Waals surface area contributed by atoms with Gasteiger partial charge in [-0.1, -0.05) is 13.8 Å². The van der Waals surface area contributed by atoms with E-state index in [-0.39, 0.29) is 0 Å². The zero-order valence-electron chi connectivity index (χ0n) is 12.4. The van der Waals surface area contributed by atoms with Crippen molar-refractivity contribution in [3.8, 4) is 0 Å². The highest BCUT2D eigenvalue weighted by Crippen LogP contribution is 2.17. The molecule has 0 amide bonds. The zero-order chi connectivity index (χ0) is 13.7. The molecule has 1 N–H and O–H groups in total. The standard InChI is InChI=1S/C15H26N4/c1-13(2)12-18-6-8-19(9-7-18)15-4-5-17-14(10-15)11-16-3/h4-5,10,13,16H,6-9,11-12H2,1-3H3. The lowest BCUT2D eigenvalue weighted by atomic mass is 10.2. The Morgan fingerprint density at radius 1 is 1.26 bits per heavy atom. The Balaban J connectivity index is 1.92. The fourth-order valence-electron chi connectivity index (χ4n) is 2.64. The fourth-order valence-corrected chi connectivity index (χ4v) is 2.64. The predicted molar refractivity (Wildman–Crippen MR) is 80.5 cm³/mol. The van der Waals surface area contributed by atoms with Crippen molar-refractivity contribution in [1.82, 2.24) is 15.2 Å². The number of anilines is 1. The van der Waals surface area contributed by atoms with Crippen molar-refractivity contribution < 1.29 is 0 Å². The molecule has 1 aromatic rings. The fraction of sp³-hybridized carbons (Fsp3) is 0.667. The Labute approximate surface area is 116 Å². The molecule has 0 aromatic carbocycles. The SMILES string of the molecule is CNCc1cc(N2CCN(CC(C)C)CC2)ccn1. The van der Waals surface area contributed by atoms with Gasteiger partial charge < -0.3 is 10.2 Å². The van der Waals surface area contributed by atoms with Crippen LogP contribution in [0.3, 0.4) is 0 Å². The van der Waals surface area contributed by atoms with Gasteiger partial charge in [0.25, 0.3) is 0 Å². The number of hydrogen-bond donors (Lipinski definition) is 1. The highest BCUT2D eigenvalue weighted by Gasteiger charge is 2.17. The molecule has 2 heterocycles. The molecule has 2 rings (SSSR count). The minimum atomic E-state index is 0.759. The summed E-state index contributed by atoms with van der Waals surface area (Å²) >= 11 is 0. The van der Waals surface area contributed by atoms with E-state index in [0.717, 1.165) is 31.2 Å². The molecule has 106 valence electrons. The molecule has 0 bridgehead atoms. The molecule has 0 saturated carbocycles. The van der Waals surface area contributed by atoms with Crippen molar-refractivity contribution in [2.75, 3.05) is 44.7 Å². The van der Waals surface area contributed by atoms with Crippen LogP contribution in [-0.4, -0.2) is 49.7 Å². The Morgan fingerprint density at radius 2 is 2.00 bits per heavy atom. The second-order valence-electron chi connectivity index (χ2n) is 5.72. The molecule has 1 aromatic heterocycles. The first-order valence-electron chi connectivity index (χ1n) is 7.26. The molecule has 1 saturated heterocycles. The van der Waals surface area contributed by atoms with E-state index in [1.165, 1.54) is 25.3 Å². The highest BCUT2D eigenvalue weighted by atomic mass is 15.3. The van der Waals surface area contributed by atoms with Crippen LogP contribution < -0.4 is 10.2 Å². The number of nitrogens with zero attached hydrogens (tertiary/aromatic N) is 3. The summed E-state index contributed by atoms with van der Waals surface area (Å²) in [5, 5.41) is 3.15. The largest absolute Gasteiger partial charge is 0.369 e. The summed E-state index contributed by atoms with van der Waals surface area (Å²) in [5.74, 6) is 0.759. The van der Waals surface area contributed by atoms with Crippen molar-refractivity contribution in [3.63, 3.8) is 0 Å². The molecular weight excluding hydrogens is 236 g/mol. The van der Waals surface area contributed by atoms with Crippen LogP contribution >= 0.6 is 0 Å². The third-order valence-corrected chi connectivity index (χ3v) is 3.52. The van der Waals surface area contributed by atoms with Crippen LogP contribution in [0.2, 0.25) is 0 Å². The maximum atomic E-state index is 4.38. The number of piperazine rings is 1. The summed E-state index contributed by atoms with van der Waals surface area (Å²) in [7, 11) is 1.96. The van der Waals surface area contributed by atoms with Crippen LogP contribution in [-0.2, 0) is 6.54 Å². The molecule has 0 radical (unpaired) electrons. The average Bonchev–Trinajstić information content (AvgIpc) is 2.40. The highest BCUT2D eigenvalue weighted by molar-refractivity contribution is 5.47. The van der Waals surface area contributed by atoms with Gasteiger partial charge in [0.2, 0.25) is 0 Å². The molecule has 4 nitrogen and oxygen atoms in total. The van der Waals surface area contributed by atoms with Gasteiger partial charge in [-0.05, 0) is 25.1 Å². The second kappa shape index (κ2) is 6.87. The van der Waals surface area contributed by atoms with Crippen LogP contribution in [0.4, 0.5) is 5.69 Å². The number of nitrogens with one attached hydrogen (secondary N) is 1. The summed E-state index contributed by atoms with van der Waals surface area (Å²) in [6, 6.07) is 4.33. The predicted octanol–water partition coefficient (Wildman–Crippen LogP) is 1.58. The van der Waals surface area contributed by atoms with E-state index in [2.05, 4.69) is 46.1 Å². The van der Waals surface area contributed by atoms with Gasteiger partial charge in [-0.3, -0.25) is 9.88 Å². The minimum absolute atomic E-state index is 0.759. The quantitative estimate of drug-likeness (QED) is 0.873. The van der Waals surface area contributed by atoms with Crippen molar-refractivity contribution in [2.24, 2.45) is 5.92 Å². The van der Waals surface area contributed by atoms with E-state index in [4.69, 9.17) is 0 Å². The van der Waals surface area contributed by atoms with Crippen molar-refractivity contribution in [2.45, 2.75) is 20.4 Å². The molecule has 0 atom stereocenters. The van der Waals surface area contributed by atoms with Gasteiger partial charge in [0.05, 0.1) is 5.69 Å². The molecule has 0 spiro atoms. The molecule has 0 unspecified atom stereocenters. The molecule has 1 fully saturated rings. The summed E-state index contributed by atoms with van der Waals surface area (Å²) in [6.45, 7) is 11.2. The van der Waals surface area contributed by atoms with E-state index in [9.17, 15) is 0 Å². The van der Waals surface area contributed by atoms with Gasteiger partial charge in [-0.2, -0.15) is 0 Å². The average molecular weight is 262 g/mol. The first-order chi connectivity index (χ1) is 9.19. The minimum Gasteiger partial charge on any atom is -0.369 e. The maximum Gasteiger partial charge on any atom is 0.0562 e. The Morgan fingerprint density at radius 3 is 2.63 bits per heavy atom. The van der Waals surface area contributed by atoms with Gasteiger partial charge in [0.15, 0.2) is 0 Å². The molecule has 1 aliphatic rings. The van der Waals surface area contributed by atoms with E-state index in [1.807, 2.05) is 13.2 Å². The van der Waals surface area contributed by atoms with E-state index in [1.54, 1.807) is 0 Å². The maximum absolute atomic E-state index is 4.38. The van der Waals surface area contributed by atoms with Gasteiger partial charge in [-0.15, -0.1) is 0 Å². The number of hydrogen-bond acceptors (Lipinski definition) is 4. The van der Waals surface area contributed by atoms with Crippen molar-refractivity contribution in [1.29, 1.82) is 0 Å². The summed E-state index contributed by atoms with van der Waals surface area (Å²) in [4.78, 5) is 9.41. The summed E-state index contributed by atoms with van der Waals surface area (Å²) in [6.07, 6.45) is 1.92. The molecule has 0 aliphatic carbocycles. The first kappa shape index (κ1) is 14.3. The first-order valence-corrected chi connectivity index (χ1v) is 7.26. The van der Waals surface area contributed by atoms with Gasteiger partial charge in [0, 0.05) is 51.2 Å². The lowest BCUT2D eigenvalue weighted by molar-refractivity contribution is 0.231. The number of rotatable bonds is 5. The van der Waals surface area contributed by atoms with Crippen LogP contribution in [0, 0.1) is 5.92 Å². The molecule has 1 aliphatic heterocycles. The van der Waals surface area contributed by atoms with Crippen LogP contribution in [0.25, 0.3) is 0 Å². The van der Waals surface area contributed by atoms with Crippen LogP contribution in [0.15, 0.2) is 18.3 Å². The normalized spacial score (nSPS) is 17.2. The zero-order valence-corrected chi connectivity index (χ0v) is 12.4. The smallest absolute Gasteiger partial charge is 0.0562 e. The van der Waals surface area contributed by atoms with Gasteiger partial charge >= 0.3 is 0 Å². The third kappa shape index (κ3) is 4.18. The third-order valence-electron chi connectivity index (χ3n) is 3.52. The number of aromatic nitrogens is 1. The van der Waals surface area contributed by atoms with E-state index >= 15 is 0 Å². The Hall–Kier alpha value is -1.13. The lowest BCUT2D eigenvalue weighted by Gasteiger charge is -2.36. The topological polar surface area (TPSA) is 31.4 Å². The Kier molecular flexibility index (Phi) is 5.16. The second-order valence-corrected chi connectivity index (χ2v) is 5.72. The van der Waals surface area contributed by atoms with Crippen molar-refractivity contribution in [3.05, 3.63) is 24.0 Å². The summed E-state index contributed by atoms with van der Waals surface area (Å²) in [5.41, 5.74) is 2.43. The van der Waals surface area contributed by atoms with E-state index < -0.39 is 0 Å².